The number of amides is 2. The van der Waals surface area contributed by atoms with Crippen LogP contribution in [-0.2, 0) is 56.0 Å². The summed E-state index contributed by atoms with van der Waals surface area (Å²) in [6, 6.07) is 29.2. The van der Waals surface area contributed by atoms with Gasteiger partial charge >= 0.3 is 0 Å². The molecule has 2 saturated heterocycles. The largest absolute Gasteiger partial charge is 0.394 e. The molecular weight excluding hydrogens is 1080 g/mol. The zero-order chi connectivity index (χ0) is 57.8. The Balaban J connectivity index is 0.000000177. The maximum atomic E-state index is 12.5. The number of nitrogens with two attached hydrogens (primary N) is 1. The van der Waals surface area contributed by atoms with Crippen molar-refractivity contribution in [3.05, 3.63) is 131 Å². The third-order valence-electron chi connectivity index (χ3n) is 14.2. The maximum Gasteiger partial charge on any atom is 0.254 e. The quantitative estimate of drug-likeness (QED) is 0.0760. The Morgan fingerprint density at radius 3 is 1.44 bits per heavy atom. The number of aliphatic hydroxyl groups excluding tert-OH is 2. The van der Waals surface area contributed by atoms with Crippen molar-refractivity contribution in [2.24, 2.45) is 15.7 Å². The number of rotatable bonds is 16. The monoisotopic (exact) mass is 1150 g/mol. The van der Waals surface area contributed by atoms with Gasteiger partial charge in [0.15, 0.2) is 17.3 Å². The van der Waals surface area contributed by atoms with Gasteiger partial charge in [0.05, 0.1) is 70.4 Å². The third-order valence-corrected chi connectivity index (χ3v) is 16.4. The molecule has 4 N–H and O–H groups in total. The van der Waals surface area contributed by atoms with Crippen molar-refractivity contribution in [2.45, 2.75) is 64.7 Å². The molecule has 0 radical (unpaired) electrons. The van der Waals surface area contributed by atoms with Gasteiger partial charge in [-0.2, -0.15) is 0 Å². The number of Topliss-reactive ketones (excluding diaryl/α,β-unsaturated/α-hetero) is 3. The molecule has 4 aromatic carbocycles. The van der Waals surface area contributed by atoms with E-state index in [1.165, 1.54) is 39.7 Å². The molecule has 5 aliphatic heterocycles. The van der Waals surface area contributed by atoms with Crippen molar-refractivity contribution in [1.82, 2.24) is 24.5 Å². The van der Waals surface area contributed by atoms with Crippen LogP contribution in [0.1, 0.15) is 54.4 Å². The van der Waals surface area contributed by atoms with E-state index in [4.69, 9.17) is 35.4 Å². The van der Waals surface area contributed by atoms with E-state index in [1.54, 1.807) is 23.5 Å². The minimum Gasteiger partial charge on any atom is -0.394 e. The van der Waals surface area contributed by atoms with Gasteiger partial charge in [-0.25, -0.2) is 9.98 Å². The molecule has 2 amide bonds. The van der Waals surface area contributed by atoms with Gasteiger partial charge < -0.3 is 35.2 Å². The van der Waals surface area contributed by atoms with Gasteiger partial charge in [0.25, 0.3) is 11.8 Å². The number of benzene rings is 4. The van der Waals surface area contributed by atoms with Gasteiger partial charge in [0.2, 0.25) is 0 Å². The van der Waals surface area contributed by atoms with Crippen LogP contribution in [0.3, 0.4) is 0 Å². The highest BCUT2D eigenvalue weighted by atomic mass is 32.2. The van der Waals surface area contributed by atoms with Crippen LogP contribution in [0, 0.1) is 0 Å². The number of piperazine rings is 2. The second-order valence-electron chi connectivity index (χ2n) is 20.0. The van der Waals surface area contributed by atoms with E-state index in [0.717, 1.165) is 120 Å². The van der Waals surface area contributed by atoms with Crippen molar-refractivity contribution in [1.29, 1.82) is 0 Å². The summed E-state index contributed by atoms with van der Waals surface area (Å²) in [6.45, 7) is 11.6. The lowest BCUT2D eigenvalue weighted by Gasteiger charge is -2.36. The van der Waals surface area contributed by atoms with Crippen molar-refractivity contribution in [2.75, 3.05) is 112 Å². The summed E-state index contributed by atoms with van der Waals surface area (Å²) in [5.74, 6) is 1.05. The molecule has 0 bridgehead atoms. The normalized spacial score (nSPS) is 17.5. The van der Waals surface area contributed by atoms with Gasteiger partial charge in [-0.3, -0.25) is 48.3 Å². The van der Waals surface area contributed by atoms with Gasteiger partial charge in [0, 0.05) is 134 Å². The predicted octanol–water partition coefficient (Wildman–Crippen LogP) is 4.99. The van der Waals surface area contributed by atoms with E-state index in [0.29, 0.717) is 52.2 Å². The van der Waals surface area contributed by atoms with Crippen molar-refractivity contribution in [3.8, 4) is 0 Å². The van der Waals surface area contributed by atoms with E-state index in [2.05, 4.69) is 74.2 Å². The summed E-state index contributed by atoms with van der Waals surface area (Å²) in [4.78, 5) is 102. The zero-order valence-electron chi connectivity index (χ0n) is 46.0. The summed E-state index contributed by atoms with van der Waals surface area (Å²) in [7, 11) is 0. The molecule has 82 heavy (non-hydrogen) atoms. The second kappa shape index (κ2) is 31.0. The fraction of sp³-hybridized carbons (Fsp3) is 0.393. The SMILES string of the molecule is NCc1ccc2c(c1)Sc1ccccc1N=C2N1CCN(CCOCCO)CC1.O=C(CCc1ccc2c(c1)Sc1ccccc1N=C2N1CCN(CCOCCO)CC1)CN1C(=O)C=CC1=O.O=C1C=CC(=O)C1.O=C1CCC(=O)C1. The molecule has 2 aliphatic carbocycles. The first kappa shape index (κ1) is 61.3. The van der Waals surface area contributed by atoms with E-state index in [9.17, 15) is 33.6 Å². The lowest BCUT2D eigenvalue weighted by Crippen LogP contribution is -2.49. The molecule has 0 aromatic heterocycles. The van der Waals surface area contributed by atoms with Crippen molar-refractivity contribution < 1.29 is 53.2 Å². The number of aliphatic imine (C=N–C) groups is 2. The topological polar surface area (TPSA) is 245 Å². The van der Waals surface area contributed by atoms with E-state index in [-0.39, 0.29) is 67.9 Å². The standard InChI is InChI=1S/C29H32N4O5S.C22H28N4O2S.C5H6O2.C5H4O2/c34-16-18-38-17-15-31-11-13-32(14-12-31)29-23-8-6-21(5-7-22(35)20-33-27(36)9-10-28(33)37)19-26(23)39-25-4-2-1-3-24(25)30-29;23-16-17-5-6-18-21(15-17)29-20-4-2-1-3-19(20)24-22(18)26-9-7-25(8-10-26)11-13-28-14-12-27;2*6-4-1-2-5(7)3-4/h1-4,6,8-10,19,34H,5,7,11-18,20H2;1-6,15,27H,7-14,16,23H2;1-3H2;1-2H,3H2. The first-order valence-electron chi connectivity index (χ1n) is 27.7. The minimum absolute atomic E-state index is 0.0445. The van der Waals surface area contributed by atoms with E-state index < -0.39 is 11.8 Å². The van der Waals surface area contributed by atoms with Crippen LogP contribution in [0.4, 0.5) is 11.4 Å². The molecule has 1 saturated carbocycles. The number of aliphatic hydroxyl groups is 2. The molecular formula is C61H70N8O11S2. The Labute approximate surface area is 486 Å². The maximum absolute atomic E-state index is 12.5. The molecule has 11 rings (SSSR count). The molecule has 19 nitrogen and oxygen atoms in total. The third kappa shape index (κ3) is 17.6. The number of ether oxygens (including phenoxy) is 2. The first-order chi connectivity index (χ1) is 39.9. The molecule has 5 heterocycles. The summed E-state index contributed by atoms with van der Waals surface area (Å²) >= 11 is 3.46. The number of hydrogen-bond acceptors (Lipinski definition) is 20. The summed E-state index contributed by atoms with van der Waals surface area (Å²) < 4.78 is 10.8. The fourth-order valence-corrected chi connectivity index (χ4v) is 11.8. The Bertz CT molecular complexity index is 3050. The van der Waals surface area contributed by atoms with Crippen LogP contribution >= 0.6 is 23.5 Å². The van der Waals surface area contributed by atoms with Crippen LogP contribution in [0.5, 0.6) is 0 Å². The number of allylic oxidation sites excluding steroid dienone is 2. The first-order valence-corrected chi connectivity index (χ1v) is 29.3. The summed E-state index contributed by atoms with van der Waals surface area (Å²) in [6.07, 6.45) is 7.04. The lowest BCUT2D eigenvalue weighted by molar-refractivity contribution is -0.140. The number of fused-ring (bicyclic) bond motifs is 4. The smallest absolute Gasteiger partial charge is 0.254 e. The Morgan fingerprint density at radius 1 is 0.549 bits per heavy atom. The summed E-state index contributed by atoms with van der Waals surface area (Å²) in [5, 5.41) is 17.7. The zero-order valence-corrected chi connectivity index (χ0v) is 47.6. The molecule has 3 fully saturated rings. The van der Waals surface area contributed by atoms with Crippen LogP contribution in [0.2, 0.25) is 0 Å². The Morgan fingerprint density at radius 2 is 1.01 bits per heavy atom. The number of hydrogen-bond donors (Lipinski definition) is 3. The van der Waals surface area contributed by atoms with Gasteiger partial charge in [-0.15, -0.1) is 0 Å². The number of nitrogens with zero attached hydrogens (tertiary/aromatic N) is 7. The van der Waals surface area contributed by atoms with Gasteiger partial charge in [-0.05, 0) is 78.2 Å². The highest BCUT2D eigenvalue weighted by molar-refractivity contribution is 7.99. The van der Waals surface area contributed by atoms with Crippen LogP contribution in [-0.4, -0.2) is 199 Å². The average molecular weight is 1160 g/mol. The molecule has 7 aliphatic rings. The Hall–Kier alpha value is -6.79. The second-order valence-corrected chi connectivity index (χ2v) is 22.2. The van der Waals surface area contributed by atoms with E-state index >= 15 is 0 Å². The molecule has 0 atom stereocenters. The molecule has 21 heteroatoms. The number of carbonyl (C=O) groups excluding carboxylic acids is 7. The van der Waals surface area contributed by atoms with Gasteiger partial charge in [-0.1, -0.05) is 59.9 Å². The van der Waals surface area contributed by atoms with Crippen molar-refractivity contribution >= 4 is 87.3 Å². The highest BCUT2D eigenvalue weighted by Gasteiger charge is 2.29. The lowest BCUT2D eigenvalue weighted by atomic mass is 10.0. The van der Waals surface area contributed by atoms with Gasteiger partial charge in [0.1, 0.15) is 23.2 Å². The number of ketones is 5. The molecule has 4 aromatic rings. The number of carbonyl (C=O) groups is 7. The van der Waals surface area contributed by atoms with Crippen LogP contribution < -0.4 is 5.73 Å². The predicted molar refractivity (Wildman–Crippen MR) is 313 cm³/mol. The van der Waals surface area contributed by atoms with E-state index in [1.807, 2.05) is 30.3 Å². The minimum atomic E-state index is -0.434. The van der Waals surface area contributed by atoms with Crippen LogP contribution in [0.15, 0.2) is 139 Å². The average Bonchev–Trinajstić information content (AvgIpc) is 4.17. The molecule has 0 spiro atoms. The summed E-state index contributed by atoms with van der Waals surface area (Å²) in [5.41, 5.74) is 12.3. The molecule has 432 valence electrons. The fourth-order valence-electron chi connectivity index (χ4n) is 9.66. The van der Waals surface area contributed by atoms with Crippen molar-refractivity contribution in [3.63, 3.8) is 0 Å². The number of amidine groups is 2. The number of aryl methyl sites for hydroxylation is 1. The highest BCUT2D eigenvalue weighted by Crippen LogP contribution is 2.43. The molecule has 0 unspecified atom stereocenters. The number of imide groups is 1. The number of para-hydroxylation sites is 2. The van der Waals surface area contributed by atoms with Crippen LogP contribution in [0.25, 0.3) is 0 Å². The Kier molecular flexibility index (Phi) is 23.2.